The highest BCUT2D eigenvalue weighted by atomic mass is 35.5. The van der Waals surface area contributed by atoms with E-state index in [0.717, 1.165) is 6.07 Å². The van der Waals surface area contributed by atoms with Gasteiger partial charge in [0, 0.05) is 18.8 Å². The number of aryl methyl sites for hydroxylation is 1. The maximum Gasteiger partial charge on any atom is 0.331 e. The fourth-order valence-electron chi connectivity index (χ4n) is 1.76. The zero-order valence-electron chi connectivity index (χ0n) is 10.9. The van der Waals surface area contributed by atoms with Crippen LogP contribution in [-0.2, 0) is 11.8 Å². The number of aromatic nitrogens is 2. The van der Waals surface area contributed by atoms with Gasteiger partial charge in [-0.15, -0.1) is 0 Å². The molecule has 21 heavy (non-hydrogen) atoms. The Balaban J connectivity index is 2.27. The molecule has 2 N–H and O–H groups in total. The van der Waals surface area contributed by atoms with Crippen molar-refractivity contribution in [2.24, 2.45) is 7.05 Å². The molecule has 1 amide bonds. The Morgan fingerprint density at radius 3 is 2.76 bits per heavy atom. The smallest absolute Gasteiger partial charge is 0.331 e. The molecule has 0 saturated carbocycles. The summed E-state index contributed by atoms with van der Waals surface area (Å²) in [7, 11) is 1.62. The summed E-state index contributed by atoms with van der Waals surface area (Å²) >= 11 is 5.70. The zero-order valence-corrected chi connectivity index (χ0v) is 11.6. The molecule has 0 aliphatic heterocycles. The van der Waals surface area contributed by atoms with Gasteiger partial charge in [0.05, 0.1) is 16.8 Å². The van der Waals surface area contributed by atoms with E-state index in [2.05, 4.69) is 10.4 Å². The Morgan fingerprint density at radius 2 is 2.19 bits per heavy atom. The van der Waals surface area contributed by atoms with Crippen LogP contribution in [0, 0.1) is 5.82 Å². The fourth-order valence-corrected chi connectivity index (χ4v) is 1.98. The SMILES string of the molecule is Cn1cc(C(NC(=O)c2cccc(F)c2Cl)C(=O)O)cn1. The molecule has 0 aliphatic rings. The first kappa shape index (κ1) is 15.0. The van der Waals surface area contributed by atoms with Crippen molar-refractivity contribution in [2.75, 3.05) is 0 Å². The largest absolute Gasteiger partial charge is 0.479 e. The summed E-state index contributed by atoms with van der Waals surface area (Å²) in [6.07, 6.45) is 2.79. The lowest BCUT2D eigenvalue weighted by molar-refractivity contribution is -0.139. The van der Waals surface area contributed by atoms with Gasteiger partial charge in [-0.1, -0.05) is 17.7 Å². The summed E-state index contributed by atoms with van der Waals surface area (Å²) in [5.41, 5.74) is 0.165. The summed E-state index contributed by atoms with van der Waals surface area (Å²) < 4.78 is 14.7. The normalized spacial score (nSPS) is 12.0. The second-order valence-corrected chi connectivity index (χ2v) is 4.67. The van der Waals surface area contributed by atoms with Gasteiger partial charge < -0.3 is 10.4 Å². The average molecular weight is 312 g/mol. The van der Waals surface area contributed by atoms with Gasteiger partial charge in [0.1, 0.15) is 5.82 Å². The molecule has 1 atom stereocenters. The molecule has 2 rings (SSSR count). The van der Waals surface area contributed by atoms with Gasteiger partial charge in [0.25, 0.3) is 5.91 Å². The number of benzene rings is 1. The maximum atomic E-state index is 13.3. The Bertz CT molecular complexity index is 702. The minimum Gasteiger partial charge on any atom is -0.479 e. The van der Waals surface area contributed by atoms with Gasteiger partial charge in [0.15, 0.2) is 6.04 Å². The number of amides is 1. The number of carboxylic acids is 1. The highest BCUT2D eigenvalue weighted by Gasteiger charge is 2.25. The molecule has 110 valence electrons. The van der Waals surface area contributed by atoms with Crippen LogP contribution in [0.5, 0.6) is 0 Å². The van der Waals surface area contributed by atoms with Gasteiger partial charge >= 0.3 is 5.97 Å². The maximum absolute atomic E-state index is 13.3. The van der Waals surface area contributed by atoms with E-state index in [4.69, 9.17) is 11.6 Å². The Morgan fingerprint density at radius 1 is 1.48 bits per heavy atom. The van der Waals surface area contributed by atoms with E-state index in [0.29, 0.717) is 5.56 Å². The van der Waals surface area contributed by atoms with Crippen molar-refractivity contribution >= 4 is 23.5 Å². The number of nitrogens with zero attached hydrogens (tertiary/aromatic N) is 2. The Hall–Kier alpha value is -2.41. The second-order valence-electron chi connectivity index (χ2n) is 4.29. The third kappa shape index (κ3) is 3.19. The molecule has 2 aromatic rings. The summed E-state index contributed by atoms with van der Waals surface area (Å²) in [5.74, 6) is -2.79. The average Bonchev–Trinajstić information content (AvgIpc) is 2.84. The molecule has 1 heterocycles. The molecule has 8 heteroatoms. The van der Waals surface area contributed by atoms with E-state index < -0.39 is 23.7 Å². The first-order chi connectivity index (χ1) is 9.90. The summed E-state index contributed by atoms with van der Waals surface area (Å²) in [4.78, 5) is 23.3. The van der Waals surface area contributed by atoms with Gasteiger partial charge in [-0.2, -0.15) is 5.10 Å². The van der Waals surface area contributed by atoms with Crippen LogP contribution in [0.25, 0.3) is 0 Å². The van der Waals surface area contributed by atoms with Gasteiger partial charge in [-0.3, -0.25) is 9.48 Å². The van der Waals surface area contributed by atoms with Crippen molar-refractivity contribution in [1.29, 1.82) is 0 Å². The number of carbonyl (C=O) groups excluding carboxylic acids is 1. The number of aliphatic carboxylic acids is 1. The highest BCUT2D eigenvalue weighted by molar-refractivity contribution is 6.34. The van der Waals surface area contributed by atoms with Gasteiger partial charge in [0.2, 0.25) is 0 Å². The molecule has 0 saturated heterocycles. The number of carbonyl (C=O) groups is 2. The topological polar surface area (TPSA) is 84.2 Å². The first-order valence-electron chi connectivity index (χ1n) is 5.86. The van der Waals surface area contributed by atoms with E-state index in [1.54, 1.807) is 7.05 Å². The van der Waals surface area contributed by atoms with Crippen LogP contribution < -0.4 is 5.32 Å². The number of halogens is 2. The van der Waals surface area contributed by atoms with Crippen molar-refractivity contribution in [2.45, 2.75) is 6.04 Å². The summed E-state index contributed by atoms with van der Waals surface area (Å²) in [5, 5.41) is 15.0. The number of nitrogens with one attached hydrogen (secondary N) is 1. The predicted octanol–water partition coefficient (Wildman–Crippen LogP) is 1.77. The standard InChI is InChI=1S/C13H11ClFN3O3/c1-18-6-7(5-16-18)11(13(20)21)17-12(19)8-3-2-4-9(15)10(8)14/h2-6,11H,1H3,(H,17,19)(H,20,21). The predicted molar refractivity (Wildman–Crippen MR) is 72.5 cm³/mol. The molecular formula is C13H11ClFN3O3. The molecule has 0 bridgehead atoms. The van der Waals surface area contributed by atoms with Crippen LogP contribution >= 0.6 is 11.6 Å². The van der Waals surface area contributed by atoms with Crippen molar-refractivity contribution in [1.82, 2.24) is 15.1 Å². The molecule has 1 aromatic carbocycles. The van der Waals surface area contributed by atoms with E-state index in [1.807, 2.05) is 0 Å². The minimum absolute atomic E-state index is 0.133. The minimum atomic E-state index is -1.30. The van der Waals surface area contributed by atoms with Crippen molar-refractivity contribution in [3.05, 3.63) is 52.6 Å². The quantitative estimate of drug-likeness (QED) is 0.901. The molecular weight excluding hydrogens is 301 g/mol. The lowest BCUT2D eigenvalue weighted by Crippen LogP contribution is -2.33. The van der Waals surface area contributed by atoms with Crippen LogP contribution in [-0.4, -0.2) is 26.8 Å². The lowest BCUT2D eigenvalue weighted by atomic mass is 10.1. The number of hydrogen-bond acceptors (Lipinski definition) is 3. The fraction of sp³-hybridized carbons (Fsp3) is 0.154. The molecule has 1 aromatic heterocycles. The number of hydrogen-bond donors (Lipinski definition) is 2. The van der Waals surface area contributed by atoms with E-state index in [1.165, 1.54) is 29.2 Å². The zero-order chi connectivity index (χ0) is 15.6. The van der Waals surface area contributed by atoms with Crippen LogP contribution in [0.4, 0.5) is 4.39 Å². The number of rotatable bonds is 4. The van der Waals surface area contributed by atoms with E-state index >= 15 is 0 Å². The first-order valence-corrected chi connectivity index (χ1v) is 6.24. The molecule has 1 unspecified atom stereocenters. The highest BCUT2D eigenvalue weighted by Crippen LogP contribution is 2.21. The second kappa shape index (κ2) is 5.92. The van der Waals surface area contributed by atoms with Crippen molar-refractivity contribution in [3.8, 4) is 0 Å². The summed E-state index contributed by atoms with van der Waals surface area (Å²) in [6, 6.07) is 2.43. The van der Waals surface area contributed by atoms with E-state index in [9.17, 15) is 19.1 Å². The number of carboxylic acid groups (broad SMARTS) is 1. The molecule has 0 spiro atoms. The van der Waals surface area contributed by atoms with Gasteiger partial charge in [-0.05, 0) is 12.1 Å². The van der Waals surface area contributed by atoms with Crippen LogP contribution in [0.2, 0.25) is 5.02 Å². The van der Waals surface area contributed by atoms with Crippen LogP contribution in [0.15, 0.2) is 30.6 Å². The Labute approximate surface area is 124 Å². The molecule has 0 radical (unpaired) electrons. The lowest BCUT2D eigenvalue weighted by Gasteiger charge is -2.13. The monoisotopic (exact) mass is 311 g/mol. The van der Waals surface area contributed by atoms with Gasteiger partial charge in [-0.25, -0.2) is 9.18 Å². The molecule has 6 nitrogen and oxygen atoms in total. The third-order valence-corrected chi connectivity index (χ3v) is 3.16. The third-order valence-electron chi connectivity index (χ3n) is 2.78. The Kier molecular flexibility index (Phi) is 4.23. The van der Waals surface area contributed by atoms with Crippen molar-refractivity contribution < 1.29 is 19.1 Å². The van der Waals surface area contributed by atoms with Crippen LogP contribution in [0.3, 0.4) is 0 Å². The summed E-state index contributed by atoms with van der Waals surface area (Å²) in [6.45, 7) is 0. The van der Waals surface area contributed by atoms with Crippen molar-refractivity contribution in [3.63, 3.8) is 0 Å². The molecule has 0 fully saturated rings. The van der Waals surface area contributed by atoms with Crippen LogP contribution in [0.1, 0.15) is 22.0 Å². The van der Waals surface area contributed by atoms with E-state index in [-0.39, 0.29) is 10.6 Å². The molecule has 0 aliphatic carbocycles.